The first-order valence-electron chi connectivity index (χ1n) is 9.97. The monoisotopic (exact) mass is 372 g/mol. The van der Waals surface area contributed by atoms with Crippen molar-refractivity contribution in [1.29, 1.82) is 0 Å². The van der Waals surface area contributed by atoms with Crippen LogP contribution in [-0.2, 0) is 17.6 Å². The largest absolute Gasteiger partial charge is 0.357 e. The summed E-state index contributed by atoms with van der Waals surface area (Å²) in [5.74, 6) is -0.230. The van der Waals surface area contributed by atoms with Gasteiger partial charge in [-0.2, -0.15) is 5.10 Å². The van der Waals surface area contributed by atoms with E-state index in [4.69, 9.17) is 4.74 Å². The Morgan fingerprint density at radius 2 is 1.89 bits per heavy atom. The molecule has 1 aromatic heterocycles. The molecule has 3 aromatic rings. The van der Waals surface area contributed by atoms with Gasteiger partial charge in [-0.05, 0) is 60.7 Å². The van der Waals surface area contributed by atoms with Crippen molar-refractivity contribution in [3.05, 3.63) is 89.0 Å². The molecule has 1 saturated heterocycles. The zero-order chi connectivity index (χ0) is 18.8. The summed E-state index contributed by atoms with van der Waals surface area (Å²) in [4.78, 5) is 0. The molecule has 2 atom stereocenters. The summed E-state index contributed by atoms with van der Waals surface area (Å²) in [6.45, 7) is 0. The van der Waals surface area contributed by atoms with Crippen LogP contribution in [0, 0.1) is 5.82 Å². The maximum atomic E-state index is 13.3. The fourth-order valence-corrected chi connectivity index (χ4v) is 5.28. The van der Waals surface area contributed by atoms with Gasteiger partial charge in [-0.25, -0.2) is 9.07 Å². The normalized spacial score (nSPS) is 27.4. The van der Waals surface area contributed by atoms with E-state index in [2.05, 4.69) is 41.5 Å². The molecule has 1 unspecified atom stereocenters. The summed E-state index contributed by atoms with van der Waals surface area (Å²) in [7, 11) is 0. The third-order valence-electron chi connectivity index (χ3n) is 6.65. The highest BCUT2D eigenvalue weighted by atomic mass is 19.1. The number of rotatable bonds is 3. The van der Waals surface area contributed by atoms with Crippen molar-refractivity contribution >= 4 is 6.08 Å². The quantitative estimate of drug-likeness (QED) is 0.613. The number of hydrogen-bond acceptors (Lipinski definition) is 2. The van der Waals surface area contributed by atoms with Gasteiger partial charge in [0, 0.05) is 18.4 Å². The number of epoxide rings is 1. The molecule has 2 fully saturated rings. The lowest BCUT2D eigenvalue weighted by Crippen LogP contribution is -2.37. The summed E-state index contributed by atoms with van der Waals surface area (Å²) in [5.41, 5.74) is 5.71. The molecule has 3 nitrogen and oxygen atoms in total. The van der Waals surface area contributed by atoms with Gasteiger partial charge in [0.25, 0.3) is 0 Å². The minimum Gasteiger partial charge on any atom is -0.357 e. The van der Waals surface area contributed by atoms with E-state index in [0.29, 0.717) is 0 Å². The number of fused-ring (bicyclic) bond motifs is 1. The Bertz CT molecular complexity index is 1090. The summed E-state index contributed by atoms with van der Waals surface area (Å²) in [6.07, 6.45) is 9.41. The number of nitrogens with zero attached hydrogens (tertiary/aromatic N) is 2. The third kappa shape index (κ3) is 2.21. The first kappa shape index (κ1) is 16.3. The van der Waals surface area contributed by atoms with Crippen molar-refractivity contribution in [2.24, 2.45) is 0 Å². The van der Waals surface area contributed by atoms with Gasteiger partial charge in [-0.15, -0.1) is 0 Å². The van der Waals surface area contributed by atoms with Gasteiger partial charge >= 0.3 is 0 Å². The van der Waals surface area contributed by atoms with E-state index in [9.17, 15) is 4.39 Å². The van der Waals surface area contributed by atoms with E-state index >= 15 is 0 Å². The van der Waals surface area contributed by atoms with Crippen LogP contribution in [0.5, 0.6) is 0 Å². The molecule has 3 aliphatic rings. The van der Waals surface area contributed by atoms with E-state index < -0.39 is 0 Å². The van der Waals surface area contributed by atoms with E-state index in [1.165, 1.54) is 28.8 Å². The minimum absolute atomic E-state index is 0.0753. The molecule has 1 saturated carbocycles. The second-order valence-corrected chi connectivity index (χ2v) is 8.23. The van der Waals surface area contributed by atoms with E-state index in [1.807, 2.05) is 10.9 Å². The number of hydrogen-bond donors (Lipinski definition) is 0. The van der Waals surface area contributed by atoms with Crippen LogP contribution in [0.1, 0.15) is 36.1 Å². The molecule has 0 radical (unpaired) electrons. The summed E-state index contributed by atoms with van der Waals surface area (Å²) < 4.78 is 21.8. The maximum absolute atomic E-state index is 13.3. The van der Waals surface area contributed by atoms with Crippen molar-refractivity contribution in [3.8, 4) is 5.69 Å². The van der Waals surface area contributed by atoms with Crippen LogP contribution in [-0.4, -0.2) is 21.0 Å². The molecule has 2 aromatic carbocycles. The third-order valence-corrected chi connectivity index (χ3v) is 6.65. The summed E-state index contributed by atoms with van der Waals surface area (Å²) >= 11 is 0. The molecule has 1 spiro atoms. The Labute approximate surface area is 163 Å². The molecule has 0 N–H and O–H groups in total. The predicted molar refractivity (Wildman–Crippen MR) is 106 cm³/mol. The first-order chi connectivity index (χ1) is 13.7. The van der Waals surface area contributed by atoms with Crippen LogP contribution in [0.15, 0.2) is 66.4 Å². The molecule has 0 amide bonds. The Morgan fingerprint density at radius 3 is 2.71 bits per heavy atom. The topological polar surface area (TPSA) is 30.4 Å². The van der Waals surface area contributed by atoms with E-state index in [0.717, 1.165) is 43.5 Å². The van der Waals surface area contributed by atoms with Crippen molar-refractivity contribution in [3.63, 3.8) is 0 Å². The molecule has 0 bridgehead atoms. The lowest BCUT2D eigenvalue weighted by molar-refractivity contribution is 0.269. The van der Waals surface area contributed by atoms with Gasteiger partial charge in [-0.3, -0.25) is 0 Å². The van der Waals surface area contributed by atoms with E-state index in [1.54, 1.807) is 12.1 Å². The van der Waals surface area contributed by atoms with Crippen LogP contribution in [0.25, 0.3) is 11.8 Å². The molecule has 6 rings (SSSR count). The molecule has 2 heterocycles. The van der Waals surface area contributed by atoms with Gasteiger partial charge in [0.1, 0.15) is 17.0 Å². The number of ether oxygens (including phenoxy) is 1. The Kier molecular flexibility index (Phi) is 3.28. The van der Waals surface area contributed by atoms with Gasteiger partial charge in [0.2, 0.25) is 0 Å². The molecule has 28 heavy (non-hydrogen) atoms. The van der Waals surface area contributed by atoms with Crippen molar-refractivity contribution in [1.82, 2.24) is 9.78 Å². The fraction of sp³-hybridized carbons (Fsp3) is 0.292. The van der Waals surface area contributed by atoms with Gasteiger partial charge in [0.15, 0.2) is 0 Å². The van der Waals surface area contributed by atoms with Crippen LogP contribution in [0.2, 0.25) is 0 Å². The maximum Gasteiger partial charge on any atom is 0.124 e. The van der Waals surface area contributed by atoms with Crippen molar-refractivity contribution < 1.29 is 9.13 Å². The first-order valence-corrected chi connectivity index (χ1v) is 9.97. The highest BCUT2D eigenvalue weighted by Crippen LogP contribution is 2.64. The molecule has 4 heteroatoms. The SMILES string of the molecule is Fc1ccc(-n2ncc3c2C=C2CCCC4(Cc5ccccc5)O[C@]24C3)cc1. The van der Waals surface area contributed by atoms with Crippen LogP contribution in [0.4, 0.5) is 4.39 Å². The molecular formula is C24H21FN2O. The van der Waals surface area contributed by atoms with Crippen LogP contribution >= 0.6 is 0 Å². The lowest BCUT2D eigenvalue weighted by atomic mass is 9.68. The minimum atomic E-state index is -0.230. The number of benzene rings is 2. The Hall–Kier alpha value is -2.72. The standard InChI is InChI=1S/C24H21FN2O/c25-20-8-10-21(11-9-20)27-22-13-19-7-4-12-23(14-17-5-2-1-3-6-17)24(19,28-23)15-18(22)16-26-27/h1-3,5-6,8-11,13,16H,4,7,12,14-15H2/t23?,24-/m1/s1. The van der Waals surface area contributed by atoms with Gasteiger partial charge in [0.05, 0.1) is 17.6 Å². The number of halogens is 1. The summed E-state index contributed by atoms with van der Waals surface area (Å²) in [6, 6.07) is 17.2. The molecule has 140 valence electrons. The Balaban J connectivity index is 1.38. The van der Waals surface area contributed by atoms with Crippen LogP contribution < -0.4 is 0 Å². The zero-order valence-electron chi connectivity index (χ0n) is 15.6. The second kappa shape index (κ2) is 5.65. The smallest absolute Gasteiger partial charge is 0.124 e. The molecular weight excluding hydrogens is 351 g/mol. The van der Waals surface area contributed by atoms with Crippen molar-refractivity contribution in [2.75, 3.05) is 0 Å². The van der Waals surface area contributed by atoms with Gasteiger partial charge < -0.3 is 4.74 Å². The van der Waals surface area contributed by atoms with Crippen LogP contribution in [0.3, 0.4) is 0 Å². The van der Waals surface area contributed by atoms with Gasteiger partial charge in [-0.1, -0.05) is 30.3 Å². The average molecular weight is 372 g/mol. The Morgan fingerprint density at radius 1 is 1.07 bits per heavy atom. The second-order valence-electron chi connectivity index (χ2n) is 8.23. The lowest BCUT2D eigenvalue weighted by Gasteiger charge is -2.30. The predicted octanol–water partition coefficient (Wildman–Crippen LogP) is 4.89. The highest BCUT2D eigenvalue weighted by molar-refractivity contribution is 5.65. The zero-order valence-corrected chi connectivity index (χ0v) is 15.6. The average Bonchev–Trinajstić information content (AvgIpc) is 3.17. The number of aromatic nitrogens is 2. The summed E-state index contributed by atoms with van der Waals surface area (Å²) in [5, 5.41) is 4.61. The highest BCUT2D eigenvalue weighted by Gasteiger charge is 2.72. The van der Waals surface area contributed by atoms with Crippen molar-refractivity contribution in [2.45, 2.75) is 43.3 Å². The molecule has 1 aliphatic heterocycles. The molecule has 2 aliphatic carbocycles. The van der Waals surface area contributed by atoms with E-state index in [-0.39, 0.29) is 17.0 Å². The fourth-order valence-electron chi connectivity index (χ4n) is 5.28.